The topological polar surface area (TPSA) is 30.9 Å². The highest BCUT2D eigenvalue weighted by Gasteiger charge is 2.70. The van der Waals surface area contributed by atoms with Gasteiger partial charge in [-0.05, 0) is 43.4 Å². The van der Waals surface area contributed by atoms with Gasteiger partial charge in [-0.1, -0.05) is 92.1 Å². The molecule has 3 atom stereocenters. The molecule has 2 saturated heterocycles. The Morgan fingerprint density at radius 1 is 1.00 bits per heavy atom. The van der Waals surface area contributed by atoms with Gasteiger partial charge in [-0.3, -0.25) is 4.84 Å². The summed E-state index contributed by atoms with van der Waals surface area (Å²) < 4.78 is 13.8. The average molecular weight is 456 g/mol. The van der Waals surface area contributed by atoms with E-state index < -0.39 is 16.6 Å². The number of unbranched alkanes of at least 4 members (excludes halogenated alkanes) is 2. The first-order valence-corrected chi connectivity index (χ1v) is 17.1. The number of hydrogen-bond acceptors (Lipinski definition) is 4. The van der Waals surface area contributed by atoms with Gasteiger partial charge in [0.05, 0.1) is 12.7 Å². The van der Waals surface area contributed by atoms with Gasteiger partial charge in [-0.25, -0.2) is 0 Å². The van der Waals surface area contributed by atoms with E-state index >= 15 is 0 Å². The molecule has 6 heteroatoms. The van der Waals surface area contributed by atoms with Gasteiger partial charge >= 0.3 is 0 Å². The van der Waals surface area contributed by atoms with Crippen molar-refractivity contribution in [2.24, 2.45) is 0 Å². The zero-order chi connectivity index (χ0) is 22.1. The maximum Gasteiger partial charge on any atom is 0.263 e. The Morgan fingerprint density at radius 3 is 2.10 bits per heavy atom. The molecule has 168 valence electrons. The molecule has 2 aromatic carbocycles. The van der Waals surface area contributed by atoms with Gasteiger partial charge in [0.15, 0.2) is 0 Å². The molecule has 31 heavy (non-hydrogen) atoms. The summed E-state index contributed by atoms with van der Waals surface area (Å²) in [5.41, 5.74) is -0.0425. The molecule has 0 radical (unpaired) electrons. The second kappa shape index (κ2) is 8.92. The van der Waals surface area contributed by atoms with E-state index in [1.54, 1.807) is 0 Å². The highest BCUT2D eigenvalue weighted by atomic mass is 28.4. The molecular weight excluding hydrogens is 418 g/mol. The van der Waals surface area contributed by atoms with Crippen LogP contribution in [0.4, 0.5) is 0 Å². The van der Waals surface area contributed by atoms with Crippen LogP contribution in [0.5, 0.6) is 0 Å². The van der Waals surface area contributed by atoms with Crippen LogP contribution in [0.1, 0.15) is 39.5 Å². The molecule has 2 heterocycles. The highest BCUT2D eigenvalue weighted by Crippen LogP contribution is 2.54. The third-order valence-corrected chi connectivity index (χ3v) is 12.2. The number of hydroxylamine groups is 2. The van der Waals surface area contributed by atoms with Crippen molar-refractivity contribution in [2.45, 2.75) is 76.4 Å². The van der Waals surface area contributed by atoms with Crippen molar-refractivity contribution < 1.29 is 13.8 Å². The third-order valence-electron chi connectivity index (χ3n) is 6.76. The van der Waals surface area contributed by atoms with Crippen molar-refractivity contribution in [2.75, 3.05) is 6.61 Å². The fourth-order valence-electron chi connectivity index (χ4n) is 5.25. The Kier molecular flexibility index (Phi) is 6.59. The van der Waals surface area contributed by atoms with Crippen LogP contribution >= 0.6 is 0 Å². The van der Waals surface area contributed by atoms with Crippen molar-refractivity contribution in [3.8, 4) is 0 Å². The van der Waals surface area contributed by atoms with Crippen molar-refractivity contribution in [1.82, 2.24) is 5.23 Å². The molecule has 0 N–H and O–H groups in total. The number of hydrogen-bond donors (Lipinski definition) is 0. The van der Waals surface area contributed by atoms with Crippen LogP contribution in [-0.2, 0) is 13.8 Å². The zero-order valence-electron chi connectivity index (χ0n) is 19.6. The second-order valence-corrected chi connectivity index (χ2v) is 18.1. The Morgan fingerprint density at radius 2 is 1.58 bits per heavy atom. The monoisotopic (exact) mass is 455 g/mol. The summed E-state index contributed by atoms with van der Waals surface area (Å²) in [4.78, 5) is 6.33. The molecular formula is C25H37NO3Si2. The lowest BCUT2D eigenvalue weighted by Gasteiger charge is -2.39. The van der Waals surface area contributed by atoms with E-state index in [2.05, 4.69) is 94.2 Å². The predicted octanol–water partition coefficient (Wildman–Crippen LogP) is 4.87. The Hall–Kier alpha value is -1.29. The maximum atomic E-state index is 7.34. The Bertz CT molecular complexity index is 819. The minimum atomic E-state index is -2.56. The molecule has 0 saturated carbocycles. The summed E-state index contributed by atoms with van der Waals surface area (Å²) >= 11 is 0. The molecule has 2 fully saturated rings. The summed E-state index contributed by atoms with van der Waals surface area (Å²) in [7, 11) is -4.40. The normalized spacial score (nSPS) is 28.0. The van der Waals surface area contributed by atoms with E-state index in [0.717, 1.165) is 6.42 Å². The molecule has 0 bridgehead atoms. The van der Waals surface area contributed by atoms with E-state index in [-0.39, 0.29) is 17.2 Å². The summed E-state index contributed by atoms with van der Waals surface area (Å²) in [6.45, 7) is 11.9. The van der Waals surface area contributed by atoms with Crippen LogP contribution < -0.4 is 10.4 Å². The highest BCUT2D eigenvalue weighted by molar-refractivity contribution is 6.99. The molecule has 0 spiro atoms. The van der Waals surface area contributed by atoms with Gasteiger partial charge in [0.1, 0.15) is 5.54 Å². The molecule has 0 amide bonds. The molecule has 2 aliphatic rings. The van der Waals surface area contributed by atoms with Crippen molar-refractivity contribution >= 4 is 27.0 Å². The summed E-state index contributed by atoms with van der Waals surface area (Å²) in [6, 6.07) is 21.8. The molecule has 2 aliphatic heterocycles. The van der Waals surface area contributed by atoms with E-state index in [1.807, 2.05) is 5.23 Å². The molecule has 0 unspecified atom stereocenters. The minimum absolute atomic E-state index is 0.0787. The zero-order valence-corrected chi connectivity index (χ0v) is 21.6. The Balaban J connectivity index is 1.83. The predicted molar refractivity (Wildman–Crippen MR) is 131 cm³/mol. The van der Waals surface area contributed by atoms with Gasteiger partial charge in [0, 0.05) is 5.54 Å². The van der Waals surface area contributed by atoms with E-state index in [0.29, 0.717) is 6.61 Å². The lowest BCUT2D eigenvalue weighted by molar-refractivity contribution is -0.342. The van der Waals surface area contributed by atoms with Crippen LogP contribution in [0.2, 0.25) is 25.2 Å². The lowest BCUT2D eigenvalue weighted by atomic mass is 9.89. The maximum absolute atomic E-state index is 7.34. The van der Waals surface area contributed by atoms with E-state index in [9.17, 15) is 0 Å². The quantitative estimate of drug-likeness (QED) is 0.420. The standard InChI is InChI=1S/C25H37NO3Si2/c1-6-7-10-19-23-25(2)24(20-27-26(25)29-30(3,4)5)31(28-23,21-15-11-8-12-16-21)22-17-13-9-14-18-22/h8-9,11-18,23-24H,6-7,10,19-20H2,1-5H3/t23-,24-,25-/m1/s1. The first kappa shape index (κ1) is 22.9. The van der Waals surface area contributed by atoms with Crippen LogP contribution in [0.25, 0.3) is 0 Å². The summed E-state index contributed by atoms with van der Waals surface area (Å²) in [6.07, 6.45) is 4.71. The number of fused-ring (bicyclic) bond motifs is 1. The molecule has 4 rings (SSSR count). The minimum Gasteiger partial charge on any atom is -0.402 e. The average Bonchev–Trinajstić information content (AvgIpc) is 3.21. The summed E-state index contributed by atoms with van der Waals surface area (Å²) in [5.74, 6) is 0. The molecule has 0 aromatic heterocycles. The first-order chi connectivity index (χ1) is 14.8. The van der Waals surface area contributed by atoms with Crippen LogP contribution in [0.3, 0.4) is 0 Å². The van der Waals surface area contributed by atoms with E-state index in [1.165, 1.54) is 29.6 Å². The first-order valence-electron chi connectivity index (χ1n) is 11.7. The van der Waals surface area contributed by atoms with Gasteiger partial charge in [-0.15, -0.1) is 0 Å². The van der Waals surface area contributed by atoms with Crippen molar-refractivity contribution in [1.29, 1.82) is 0 Å². The number of nitrogens with zero attached hydrogens (tertiary/aromatic N) is 1. The SMILES string of the molecule is CCCCC[C@H]1O[Si](c2ccccc2)(c2ccccc2)[C@@H]2CON(O[Si](C)(C)C)[C@@]21C. The summed E-state index contributed by atoms with van der Waals surface area (Å²) in [5, 5.41) is 4.53. The van der Waals surface area contributed by atoms with Crippen LogP contribution in [0.15, 0.2) is 60.7 Å². The Labute approximate surface area is 189 Å². The largest absolute Gasteiger partial charge is 0.402 e. The molecule has 0 aliphatic carbocycles. The van der Waals surface area contributed by atoms with E-state index in [4.69, 9.17) is 13.8 Å². The van der Waals surface area contributed by atoms with Crippen molar-refractivity contribution in [3.05, 3.63) is 60.7 Å². The smallest absolute Gasteiger partial charge is 0.263 e. The number of rotatable bonds is 8. The van der Waals surface area contributed by atoms with Crippen LogP contribution in [-0.4, -0.2) is 40.1 Å². The lowest BCUT2D eigenvalue weighted by Crippen LogP contribution is -2.63. The fraction of sp³-hybridized carbons (Fsp3) is 0.520. The van der Waals surface area contributed by atoms with Crippen molar-refractivity contribution in [3.63, 3.8) is 0 Å². The van der Waals surface area contributed by atoms with Gasteiger partial charge in [0.2, 0.25) is 8.32 Å². The van der Waals surface area contributed by atoms with Crippen LogP contribution in [0, 0.1) is 0 Å². The second-order valence-electron chi connectivity index (χ2n) is 10.1. The molecule has 4 nitrogen and oxygen atoms in total. The van der Waals surface area contributed by atoms with Gasteiger partial charge in [-0.2, -0.15) is 0 Å². The molecule has 2 aromatic rings. The number of benzene rings is 2. The van der Waals surface area contributed by atoms with Gasteiger partial charge < -0.3 is 8.95 Å². The fourth-order valence-corrected chi connectivity index (χ4v) is 11.2. The van der Waals surface area contributed by atoms with Gasteiger partial charge in [0.25, 0.3) is 8.32 Å². The third kappa shape index (κ3) is 4.10.